The van der Waals surface area contributed by atoms with Gasteiger partial charge in [0.2, 0.25) is 0 Å². The summed E-state index contributed by atoms with van der Waals surface area (Å²) in [5, 5.41) is 28.6. The summed E-state index contributed by atoms with van der Waals surface area (Å²) in [6.45, 7) is 4.20. The number of allylic oxidation sites excluding steroid dienone is 1. The first-order chi connectivity index (χ1) is 11.8. The van der Waals surface area contributed by atoms with Crippen LogP contribution in [0.15, 0.2) is 64.6 Å². The second-order valence-electron chi connectivity index (χ2n) is 6.36. The van der Waals surface area contributed by atoms with Crippen LogP contribution in [0.5, 0.6) is 5.75 Å². The van der Waals surface area contributed by atoms with Crippen molar-refractivity contribution in [2.24, 2.45) is 10.2 Å². The van der Waals surface area contributed by atoms with Crippen molar-refractivity contribution in [3.8, 4) is 5.75 Å². The number of nitro benzene ring substituents is 1. The van der Waals surface area contributed by atoms with Crippen molar-refractivity contribution in [3.63, 3.8) is 0 Å². The van der Waals surface area contributed by atoms with Gasteiger partial charge >= 0.3 is 0 Å². The Kier molecular flexibility index (Phi) is 4.00. The molecule has 0 unspecified atom stereocenters. The van der Waals surface area contributed by atoms with E-state index in [9.17, 15) is 15.2 Å². The monoisotopic (exact) mass is 338 g/mol. The number of phenols is 1. The maximum atomic E-state index is 10.8. The Morgan fingerprint density at radius 2 is 1.96 bits per heavy atom. The summed E-state index contributed by atoms with van der Waals surface area (Å²) in [5.74, 6) is -0.157. The number of rotatable bonds is 3. The van der Waals surface area contributed by atoms with Gasteiger partial charge in [-0.3, -0.25) is 10.1 Å². The summed E-state index contributed by atoms with van der Waals surface area (Å²) in [6.07, 6.45) is 1.62. The van der Waals surface area contributed by atoms with Crippen LogP contribution in [-0.4, -0.2) is 17.1 Å². The van der Waals surface area contributed by atoms with Crippen LogP contribution in [0.1, 0.15) is 19.4 Å². The molecule has 0 amide bonds. The average molecular weight is 338 g/mol. The number of anilines is 1. The third-order valence-electron chi connectivity index (χ3n) is 4.46. The van der Waals surface area contributed by atoms with Crippen LogP contribution in [0.25, 0.3) is 0 Å². The molecular formula is C18H18N4O3. The zero-order valence-electron chi connectivity index (χ0n) is 14.2. The van der Waals surface area contributed by atoms with E-state index in [1.165, 1.54) is 23.8 Å². The number of azo groups is 1. The van der Waals surface area contributed by atoms with E-state index < -0.39 is 4.92 Å². The van der Waals surface area contributed by atoms with Crippen molar-refractivity contribution in [1.82, 2.24) is 0 Å². The third kappa shape index (κ3) is 2.84. The third-order valence-corrected chi connectivity index (χ3v) is 4.46. The van der Waals surface area contributed by atoms with E-state index in [2.05, 4.69) is 30.1 Å². The lowest BCUT2D eigenvalue weighted by Crippen LogP contribution is -2.22. The Morgan fingerprint density at radius 1 is 1.24 bits per heavy atom. The van der Waals surface area contributed by atoms with Gasteiger partial charge in [0.25, 0.3) is 5.69 Å². The molecule has 1 N–H and O–H groups in total. The summed E-state index contributed by atoms with van der Waals surface area (Å²) in [6, 6.07) is 11.8. The summed E-state index contributed by atoms with van der Waals surface area (Å²) in [5.41, 5.74) is 2.91. The fourth-order valence-electron chi connectivity index (χ4n) is 3.08. The number of hydrogen-bond acceptors (Lipinski definition) is 6. The first-order valence-corrected chi connectivity index (χ1v) is 7.74. The number of aromatic hydroxyl groups is 1. The molecule has 1 aliphatic heterocycles. The number of nitro groups is 1. The number of likely N-dealkylation sites (N-methyl/N-ethyl adjacent to an activating group) is 1. The SMILES string of the molecule is CN1/C(=C\N=Nc2cc([N+](=O)[O-])ccc2O)C(C)(C)c2ccccc21. The van der Waals surface area contributed by atoms with E-state index >= 15 is 0 Å². The molecule has 0 saturated heterocycles. The van der Waals surface area contributed by atoms with Crippen molar-refractivity contribution in [2.75, 3.05) is 11.9 Å². The van der Waals surface area contributed by atoms with E-state index in [1.807, 2.05) is 30.1 Å². The molecule has 25 heavy (non-hydrogen) atoms. The zero-order chi connectivity index (χ0) is 18.2. The van der Waals surface area contributed by atoms with Crippen LogP contribution in [0, 0.1) is 10.1 Å². The van der Waals surface area contributed by atoms with Crippen LogP contribution < -0.4 is 4.90 Å². The van der Waals surface area contributed by atoms with E-state index in [0.29, 0.717) is 0 Å². The number of fused-ring (bicyclic) bond motifs is 1. The quantitative estimate of drug-likeness (QED) is 0.501. The minimum Gasteiger partial charge on any atom is -0.506 e. The summed E-state index contributed by atoms with van der Waals surface area (Å²) in [7, 11) is 1.96. The van der Waals surface area contributed by atoms with Crippen molar-refractivity contribution >= 4 is 17.1 Å². The highest BCUT2D eigenvalue weighted by atomic mass is 16.6. The Hall–Kier alpha value is -3.22. The molecule has 3 rings (SSSR count). The second-order valence-corrected chi connectivity index (χ2v) is 6.36. The standard InChI is InChI=1S/C18H18N4O3/c1-18(2)13-6-4-5-7-15(13)21(3)17(18)11-19-20-14-10-12(22(24)25)8-9-16(14)23/h4-11,23H,1-3H3/b17-11-,20-19?. The molecule has 7 heteroatoms. The molecule has 0 saturated carbocycles. The lowest BCUT2D eigenvalue weighted by molar-refractivity contribution is -0.384. The smallest absolute Gasteiger partial charge is 0.271 e. The number of nitrogens with zero attached hydrogens (tertiary/aromatic N) is 4. The topological polar surface area (TPSA) is 91.3 Å². The van der Waals surface area contributed by atoms with E-state index in [4.69, 9.17) is 0 Å². The van der Waals surface area contributed by atoms with Gasteiger partial charge in [0.1, 0.15) is 11.4 Å². The maximum absolute atomic E-state index is 10.8. The highest BCUT2D eigenvalue weighted by molar-refractivity contribution is 5.69. The van der Waals surface area contributed by atoms with Crippen LogP contribution >= 0.6 is 0 Å². The highest BCUT2D eigenvalue weighted by Gasteiger charge is 2.38. The largest absolute Gasteiger partial charge is 0.506 e. The maximum Gasteiger partial charge on any atom is 0.271 e. The minimum atomic E-state index is -0.540. The van der Waals surface area contributed by atoms with Gasteiger partial charge < -0.3 is 10.0 Å². The lowest BCUT2D eigenvalue weighted by Gasteiger charge is -2.22. The summed E-state index contributed by atoms with van der Waals surface area (Å²) in [4.78, 5) is 12.3. The summed E-state index contributed by atoms with van der Waals surface area (Å²) >= 11 is 0. The van der Waals surface area contributed by atoms with Gasteiger partial charge in [-0.15, -0.1) is 5.11 Å². The first-order valence-electron chi connectivity index (χ1n) is 7.74. The van der Waals surface area contributed by atoms with Gasteiger partial charge in [-0.1, -0.05) is 32.0 Å². The van der Waals surface area contributed by atoms with Crippen LogP contribution in [0.4, 0.5) is 17.1 Å². The highest BCUT2D eigenvalue weighted by Crippen LogP contribution is 2.46. The second kappa shape index (κ2) is 6.01. The predicted octanol–water partition coefficient (Wildman–Crippen LogP) is 4.65. The van der Waals surface area contributed by atoms with Crippen molar-refractivity contribution < 1.29 is 10.0 Å². The van der Waals surface area contributed by atoms with E-state index in [1.54, 1.807) is 6.20 Å². The Balaban J connectivity index is 1.94. The van der Waals surface area contributed by atoms with Gasteiger partial charge in [0.05, 0.1) is 11.1 Å². The van der Waals surface area contributed by atoms with Crippen LogP contribution in [-0.2, 0) is 5.41 Å². The molecule has 0 aromatic heterocycles. The number of para-hydroxylation sites is 1. The first kappa shape index (κ1) is 16.6. The molecule has 1 aliphatic rings. The Labute approximate surface area is 145 Å². The van der Waals surface area contributed by atoms with Gasteiger partial charge in [-0.2, -0.15) is 5.11 Å². The van der Waals surface area contributed by atoms with Gasteiger partial charge in [-0.25, -0.2) is 0 Å². The van der Waals surface area contributed by atoms with Crippen molar-refractivity contribution in [2.45, 2.75) is 19.3 Å². The molecule has 0 aliphatic carbocycles. The molecule has 0 radical (unpaired) electrons. The van der Waals surface area contributed by atoms with Gasteiger partial charge in [0, 0.05) is 36.0 Å². The molecule has 2 aromatic carbocycles. The summed E-state index contributed by atoms with van der Waals surface area (Å²) < 4.78 is 0. The predicted molar refractivity (Wildman–Crippen MR) is 95.2 cm³/mol. The molecule has 0 bridgehead atoms. The molecule has 0 atom stereocenters. The molecule has 2 aromatic rings. The van der Waals surface area contributed by atoms with Crippen LogP contribution in [0.3, 0.4) is 0 Å². The zero-order valence-corrected chi connectivity index (χ0v) is 14.2. The fraction of sp³-hybridized carbons (Fsp3) is 0.222. The Morgan fingerprint density at radius 3 is 2.64 bits per heavy atom. The number of hydrogen-bond donors (Lipinski definition) is 1. The normalized spacial score (nSPS) is 17.2. The number of phenolic OH excluding ortho intramolecular Hbond substituents is 1. The molecule has 7 nitrogen and oxygen atoms in total. The van der Waals surface area contributed by atoms with Crippen LogP contribution in [0.2, 0.25) is 0 Å². The van der Waals surface area contributed by atoms with Crippen molar-refractivity contribution in [3.05, 3.63) is 70.0 Å². The van der Waals surface area contributed by atoms with Gasteiger partial charge in [0.15, 0.2) is 0 Å². The lowest BCUT2D eigenvalue weighted by atomic mass is 9.84. The van der Waals surface area contributed by atoms with E-state index in [-0.39, 0.29) is 22.5 Å². The molecule has 0 fully saturated rings. The number of benzene rings is 2. The molecule has 128 valence electrons. The number of non-ortho nitro benzene ring substituents is 1. The van der Waals surface area contributed by atoms with E-state index in [0.717, 1.165) is 11.4 Å². The molecular weight excluding hydrogens is 320 g/mol. The molecule has 0 spiro atoms. The molecule has 1 heterocycles. The van der Waals surface area contributed by atoms with Crippen molar-refractivity contribution in [1.29, 1.82) is 0 Å². The Bertz CT molecular complexity index is 903. The minimum absolute atomic E-state index is 0.0574. The fourth-order valence-corrected chi connectivity index (χ4v) is 3.08. The van der Waals surface area contributed by atoms with Gasteiger partial charge in [-0.05, 0) is 17.7 Å². The average Bonchev–Trinajstić information content (AvgIpc) is 2.77.